The molecule has 1 rings (SSSR count). The molecule has 0 fully saturated rings. The standard InChI is InChI=1S/C12H18N2OS/c1-9(8-16-3)14(2)12(15)10-6-4-5-7-11(10)13/h4-7,9H,8,13H2,1-3H3. The molecule has 1 aromatic rings. The Bertz CT molecular complexity index is 368. The first-order valence-corrected chi connectivity index (χ1v) is 6.58. The molecule has 0 spiro atoms. The molecule has 0 radical (unpaired) electrons. The van der Waals surface area contributed by atoms with Crippen LogP contribution in [0.25, 0.3) is 0 Å². The summed E-state index contributed by atoms with van der Waals surface area (Å²) in [6, 6.07) is 7.39. The number of anilines is 1. The van der Waals surface area contributed by atoms with Crippen LogP contribution in [0.4, 0.5) is 5.69 Å². The first-order chi connectivity index (χ1) is 7.57. The molecule has 0 aliphatic carbocycles. The lowest BCUT2D eigenvalue weighted by atomic mass is 10.1. The first kappa shape index (κ1) is 12.9. The number of nitrogens with zero attached hydrogens (tertiary/aromatic N) is 1. The smallest absolute Gasteiger partial charge is 0.255 e. The SMILES string of the molecule is CSCC(C)N(C)C(=O)c1ccccc1N. The zero-order valence-corrected chi connectivity index (χ0v) is 10.8. The summed E-state index contributed by atoms with van der Waals surface area (Å²) < 4.78 is 0. The van der Waals surface area contributed by atoms with Crippen molar-refractivity contribution in [1.29, 1.82) is 0 Å². The Kier molecular flexibility index (Phi) is 4.68. The summed E-state index contributed by atoms with van der Waals surface area (Å²) in [4.78, 5) is 13.9. The number of carbonyl (C=O) groups excluding carboxylic acids is 1. The molecule has 0 aliphatic rings. The van der Waals surface area contributed by atoms with Crippen molar-refractivity contribution in [1.82, 2.24) is 4.90 Å². The minimum atomic E-state index is -0.0142. The van der Waals surface area contributed by atoms with Gasteiger partial charge in [0.1, 0.15) is 0 Å². The number of hydrogen-bond acceptors (Lipinski definition) is 3. The predicted molar refractivity (Wildman–Crippen MR) is 70.8 cm³/mol. The first-order valence-electron chi connectivity index (χ1n) is 5.18. The molecule has 2 N–H and O–H groups in total. The van der Waals surface area contributed by atoms with Gasteiger partial charge in [-0.3, -0.25) is 4.79 Å². The third-order valence-electron chi connectivity index (χ3n) is 2.58. The normalized spacial score (nSPS) is 12.2. The molecule has 4 heteroatoms. The van der Waals surface area contributed by atoms with Crippen molar-refractivity contribution in [3.8, 4) is 0 Å². The van der Waals surface area contributed by atoms with Crippen molar-refractivity contribution in [3.63, 3.8) is 0 Å². The van der Waals surface area contributed by atoms with Gasteiger partial charge in [0.05, 0.1) is 5.56 Å². The molecule has 0 bridgehead atoms. The van der Waals surface area contributed by atoms with Gasteiger partial charge in [0.15, 0.2) is 0 Å². The van der Waals surface area contributed by atoms with Gasteiger partial charge in [0, 0.05) is 24.5 Å². The molecule has 0 aromatic heterocycles. The molecule has 0 saturated heterocycles. The van der Waals surface area contributed by atoms with Gasteiger partial charge in [-0.05, 0) is 25.3 Å². The zero-order valence-electron chi connectivity index (χ0n) is 9.93. The van der Waals surface area contributed by atoms with Crippen molar-refractivity contribution in [3.05, 3.63) is 29.8 Å². The quantitative estimate of drug-likeness (QED) is 0.817. The molecule has 3 nitrogen and oxygen atoms in total. The van der Waals surface area contributed by atoms with E-state index >= 15 is 0 Å². The monoisotopic (exact) mass is 238 g/mol. The molecule has 1 amide bonds. The highest BCUT2D eigenvalue weighted by Gasteiger charge is 2.18. The van der Waals surface area contributed by atoms with E-state index in [0.717, 1.165) is 5.75 Å². The third-order valence-corrected chi connectivity index (χ3v) is 3.40. The lowest BCUT2D eigenvalue weighted by Gasteiger charge is -2.24. The third kappa shape index (κ3) is 2.92. The van der Waals surface area contributed by atoms with Gasteiger partial charge >= 0.3 is 0 Å². The summed E-state index contributed by atoms with van der Waals surface area (Å²) in [5, 5.41) is 0. The fourth-order valence-electron chi connectivity index (χ4n) is 1.43. The van der Waals surface area contributed by atoms with E-state index in [1.165, 1.54) is 0 Å². The van der Waals surface area contributed by atoms with Gasteiger partial charge in [0.2, 0.25) is 0 Å². The summed E-state index contributed by atoms with van der Waals surface area (Å²) in [5.41, 5.74) is 6.90. The topological polar surface area (TPSA) is 46.3 Å². The Morgan fingerprint density at radius 3 is 2.69 bits per heavy atom. The van der Waals surface area contributed by atoms with Crippen molar-refractivity contribution in [2.24, 2.45) is 0 Å². The minimum absolute atomic E-state index is 0.0142. The van der Waals surface area contributed by atoms with Crippen LogP contribution in [0.2, 0.25) is 0 Å². The van der Waals surface area contributed by atoms with E-state index in [-0.39, 0.29) is 11.9 Å². The summed E-state index contributed by atoms with van der Waals surface area (Å²) in [6.45, 7) is 2.04. The highest BCUT2D eigenvalue weighted by Crippen LogP contribution is 2.15. The Hall–Kier alpha value is -1.16. The van der Waals surface area contributed by atoms with E-state index in [2.05, 4.69) is 0 Å². The van der Waals surface area contributed by atoms with Gasteiger partial charge in [-0.2, -0.15) is 11.8 Å². The van der Waals surface area contributed by atoms with Crippen molar-refractivity contribution in [2.45, 2.75) is 13.0 Å². The lowest BCUT2D eigenvalue weighted by Crippen LogP contribution is -2.36. The van der Waals surface area contributed by atoms with Crippen LogP contribution in [0.5, 0.6) is 0 Å². The Balaban J connectivity index is 2.82. The fourth-order valence-corrected chi connectivity index (χ4v) is 2.14. The number of amides is 1. The maximum Gasteiger partial charge on any atom is 0.255 e. The van der Waals surface area contributed by atoms with Gasteiger partial charge in [0.25, 0.3) is 5.91 Å². The van der Waals surface area contributed by atoms with Crippen LogP contribution in [0.3, 0.4) is 0 Å². The average Bonchev–Trinajstić information content (AvgIpc) is 2.28. The maximum absolute atomic E-state index is 12.1. The van der Waals surface area contributed by atoms with Crippen LogP contribution in [0.1, 0.15) is 17.3 Å². The molecular formula is C12H18N2OS. The molecule has 88 valence electrons. The van der Waals surface area contributed by atoms with E-state index in [9.17, 15) is 4.79 Å². The highest BCUT2D eigenvalue weighted by molar-refractivity contribution is 7.98. The second kappa shape index (κ2) is 5.80. The van der Waals surface area contributed by atoms with Crippen LogP contribution >= 0.6 is 11.8 Å². The lowest BCUT2D eigenvalue weighted by molar-refractivity contribution is 0.0758. The molecule has 1 aromatic carbocycles. The van der Waals surface area contributed by atoms with Crippen molar-refractivity contribution < 1.29 is 4.79 Å². The Morgan fingerprint density at radius 1 is 1.50 bits per heavy atom. The van der Waals surface area contributed by atoms with Crippen molar-refractivity contribution in [2.75, 3.05) is 24.8 Å². The van der Waals surface area contributed by atoms with E-state index in [0.29, 0.717) is 11.3 Å². The number of nitrogen functional groups attached to an aromatic ring is 1. The molecule has 0 aliphatic heterocycles. The van der Waals surface area contributed by atoms with Gasteiger partial charge in [-0.15, -0.1) is 0 Å². The van der Waals surface area contributed by atoms with E-state index in [1.807, 2.05) is 32.4 Å². The molecule has 1 unspecified atom stereocenters. The molecule has 0 saturated carbocycles. The van der Waals surface area contributed by atoms with Gasteiger partial charge < -0.3 is 10.6 Å². The number of hydrogen-bond donors (Lipinski definition) is 1. The molecule has 16 heavy (non-hydrogen) atoms. The van der Waals surface area contributed by atoms with Crippen LogP contribution < -0.4 is 5.73 Å². The minimum Gasteiger partial charge on any atom is -0.398 e. The second-order valence-corrected chi connectivity index (χ2v) is 4.72. The number of thioether (sulfide) groups is 1. The van der Waals surface area contributed by atoms with Crippen LogP contribution in [0.15, 0.2) is 24.3 Å². The summed E-state index contributed by atoms with van der Waals surface area (Å²) in [5.74, 6) is 0.911. The summed E-state index contributed by atoms with van der Waals surface area (Å²) in [6.07, 6.45) is 2.03. The van der Waals surface area contributed by atoms with E-state index < -0.39 is 0 Å². The number of para-hydroxylation sites is 1. The maximum atomic E-state index is 12.1. The summed E-state index contributed by atoms with van der Waals surface area (Å²) in [7, 11) is 1.82. The average molecular weight is 238 g/mol. The number of nitrogens with two attached hydrogens (primary N) is 1. The van der Waals surface area contributed by atoms with Crippen LogP contribution in [-0.2, 0) is 0 Å². The van der Waals surface area contributed by atoms with Crippen LogP contribution in [0, 0.1) is 0 Å². The highest BCUT2D eigenvalue weighted by atomic mass is 32.2. The fraction of sp³-hybridized carbons (Fsp3) is 0.417. The molecule has 0 heterocycles. The van der Waals surface area contributed by atoms with Crippen molar-refractivity contribution >= 4 is 23.4 Å². The second-order valence-electron chi connectivity index (χ2n) is 3.81. The number of carbonyl (C=O) groups is 1. The Labute approximate surface area is 101 Å². The molecule has 1 atom stereocenters. The Morgan fingerprint density at radius 2 is 2.12 bits per heavy atom. The number of rotatable bonds is 4. The number of benzene rings is 1. The predicted octanol–water partition coefficient (Wildman–Crippen LogP) is 2.09. The van der Waals surface area contributed by atoms with E-state index in [4.69, 9.17) is 5.73 Å². The molecular weight excluding hydrogens is 220 g/mol. The summed E-state index contributed by atoms with van der Waals surface area (Å²) >= 11 is 1.73. The largest absolute Gasteiger partial charge is 0.398 e. The van der Waals surface area contributed by atoms with Gasteiger partial charge in [-0.25, -0.2) is 0 Å². The van der Waals surface area contributed by atoms with Gasteiger partial charge in [-0.1, -0.05) is 12.1 Å². The van der Waals surface area contributed by atoms with E-state index in [1.54, 1.807) is 28.8 Å². The zero-order chi connectivity index (χ0) is 12.1. The van der Waals surface area contributed by atoms with Crippen LogP contribution in [-0.4, -0.2) is 35.9 Å².